The Morgan fingerprint density at radius 1 is 1.17 bits per heavy atom. The zero-order chi connectivity index (χ0) is 13.2. The summed E-state index contributed by atoms with van der Waals surface area (Å²) in [7, 11) is 0. The zero-order valence-corrected chi connectivity index (χ0v) is 10.3. The fraction of sp³-hybridized carbons (Fsp3) is 0.167. The van der Waals surface area contributed by atoms with Crippen molar-refractivity contribution in [1.82, 2.24) is 4.98 Å². The van der Waals surface area contributed by atoms with Crippen LogP contribution in [0.5, 0.6) is 0 Å². The van der Waals surface area contributed by atoms with Crippen molar-refractivity contribution in [3.8, 4) is 0 Å². The van der Waals surface area contributed by atoms with E-state index in [1.165, 1.54) is 17.8 Å². The van der Waals surface area contributed by atoms with Gasteiger partial charge in [-0.25, -0.2) is 0 Å². The first-order valence-electron chi connectivity index (χ1n) is 5.16. The molecule has 0 spiro atoms. The average molecular weight is 272 g/mol. The minimum absolute atomic E-state index is 0.413. The molecule has 18 heavy (non-hydrogen) atoms. The molecule has 0 saturated heterocycles. The quantitative estimate of drug-likeness (QED) is 0.805. The number of aromatic amines is 1. The van der Waals surface area contributed by atoms with Crippen LogP contribution in [0.15, 0.2) is 41.6 Å². The van der Waals surface area contributed by atoms with Gasteiger partial charge >= 0.3 is 6.18 Å². The Kier molecular flexibility index (Phi) is 3.56. The summed E-state index contributed by atoms with van der Waals surface area (Å²) in [5.41, 5.74) is 0.489. The number of thioether (sulfide) groups is 1. The van der Waals surface area contributed by atoms with Crippen molar-refractivity contribution in [3.63, 3.8) is 0 Å². The molecule has 0 atom stereocenters. The van der Waals surface area contributed by atoms with E-state index < -0.39 is 11.7 Å². The molecule has 0 radical (unpaired) electrons. The number of hydrogen-bond acceptors (Lipinski definition) is 2. The largest absolute Gasteiger partial charge is 0.416 e. The van der Waals surface area contributed by atoms with Gasteiger partial charge in [-0.05, 0) is 30.5 Å². The molecule has 0 unspecified atom stereocenters. The van der Waals surface area contributed by atoms with Crippen LogP contribution < -0.4 is 5.32 Å². The Labute approximate surface area is 107 Å². The van der Waals surface area contributed by atoms with E-state index in [0.29, 0.717) is 5.69 Å². The molecule has 2 N–H and O–H groups in total. The summed E-state index contributed by atoms with van der Waals surface area (Å²) in [4.78, 5) is 3.00. The molecular weight excluding hydrogens is 261 g/mol. The van der Waals surface area contributed by atoms with E-state index in [1.807, 2.05) is 12.3 Å². The van der Waals surface area contributed by atoms with Gasteiger partial charge < -0.3 is 10.3 Å². The molecule has 0 amide bonds. The van der Waals surface area contributed by atoms with Crippen LogP contribution in [0.3, 0.4) is 0 Å². The highest BCUT2D eigenvalue weighted by molar-refractivity contribution is 7.98. The van der Waals surface area contributed by atoms with E-state index in [-0.39, 0.29) is 0 Å². The van der Waals surface area contributed by atoms with Crippen LogP contribution in [0.1, 0.15) is 5.56 Å². The third-order valence-corrected chi connectivity index (χ3v) is 3.03. The van der Waals surface area contributed by atoms with Crippen LogP contribution in [-0.4, -0.2) is 11.2 Å². The fourth-order valence-electron chi connectivity index (χ4n) is 1.50. The maximum absolute atomic E-state index is 12.5. The van der Waals surface area contributed by atoms with Crippen molar-refractivity contribution in [2.24, 2.45) is 0 Å². The number of halogens is 3. The Morgan fingerprint density at radius 2 is 1.94 bits per heavy atom. The van der Waals surface area contributed by atoms with Gasteiger partial charge in [-0.15, -0.1) is 11.8 Å². The van der Waals surface area contributed by atoms with Crippen molar-refractivity contribution in [1.29, 1.82) is 0 Å². The third-order valence-electron chi connectivity index (χ3n) is 2.36. The number of hydrogen-bond donors (Lipinski definition) is 2. The molecule has 1 heterocycles. The topological polar surface area (TPSA) is 27.8 Å². The van der Waals surface area contributed by atoms with Gasteiger partial charge in [0, 0.05) is 11.9 Å². The molecule has 0 aliphatic heterocycles. The van der Waals surface area contributed by atoms with Gasteiger partial charge in [0.1, 0.15) is 0 Å². The van der Waals surface area contributed by atoms with Crippen LogP contribution in [0.4, 0.5) is 24.5 Å². The summed E-state index contributed by atoms with van der Waals surface area (Å²) in [6.07, 6.45) is -0.688. The average Bonchev–Trinajstić information content (AvgIpc) is 2.76. The maximum Gasteiger partial charge on any atom is 0.416 e. The number of rotatable bonds is 3. The maximum atomic E-state index is 12.5. The summed E-state index contributed by atoms with van der Waals surface area (Å²) in [5, 5.41) is 3.88. The molecule has 0 saturated carbocycles. The van der Waals surface area contributed by atoms with E-state index in [4.69, 9.17) is 0 Å². The molecule has 0 aliphatic rings. The van der Waals surface area contributed by atoms with Crippen molar-refractivity contribution >= 4 is 23.1 Å². The first kappa shape index (κ1) is 12.9. The molecule has 0 fully saturated rings. The highest BCUT2D eigenvalue weighted by Gasteiger charge is 2.30. The van der Waals surface area contributed by atoms with Crippen LogP contribution in [0.2, 0.25) is 0 Å². The lowest BCUT2D eigenvalue weighted by Crippen LogP contribution is -2.05. The summed E-state index contributed by atoms with van der Waals surface area (Å²) in [6.45, 7) is 0. The van der Waals surface area contributed by atoms with Gasteiger partial charge in [0.15, 0.2) is 0 Å². The van der Waals surface area contributed by atoms with Crippen molar-refractivity contribution < 1.29 is 13.2 Å². The summed E-state index contributed by atoms with van der Waals surface area (Å²) >= 11 is 1.53. The summed E-state index contributed by atoms with van der Waals surface area (Å²) in [6, 6.07) is 6.96. The van der Waals surface area contributed by atoms with Crippen LogP contribution in [0, 0.1) is 0 Å². The standard InChI is InChI=1S/C12H11F3N2S/c1-18-11-6-10(7-16-11)17-9-4-2-3-8(5-9)12(13,14)15/h2-7,16-17H,1H3. The Balaban J connectivity index is 2.19. The lowest BCUT2D eigenvalue weighted by atomic mass is 10.2. The number of nitrogens with one attached hydrogen (secondary N) is 2. The number of H-pyrrole nitrogens is 1. The van der Waals surface area contributed by atoms with Gasteiger partial charge in [-0.3, -0.25) is 0 Å². The second-order valence-corrected chi connectivity index (χ2v) is 4.51. The van der Waals surface area contributed by atoms with Crippen molar-refractivity contribution in [3.05, 3.63) is 42.1 Å². The minimum atomic E-state index is -4.32. The smallest absolute Gasteiger partial charge is 0.354 e. The minimum Gasteiger partial charge on any atom is -0.354 e. The number of benzene rings is 1. The van der Waals surface area contributed by atoms with Gasteiger partial charge in [0.25, 0.3) is 0 Å². The summed E-state index contributed by atoms with van der Waals surface area (Å²) < 4.78 is 37.6. The number of aromatic nitrogens is 1. The Morgan fingerprint density at radius 3 is 2.56 bits per heavy atom. The lowest BCUT2D eigenvalue weighted by Gasteiger charge is -2.09. The molecule has 6 heteroatoms. The van der Waals surface area contributed by atoms with E-state index in [2.05, 4.69) is 10.3 Å². The van der Waals surface area contributed by atoms with Crippen molar-refractivity contribution in [2.75, 3.05) is 11.6 Å². The predicted molar refractivity (Wildman–Crippen MR) is 67.3 cm³/mol. The zero-order valence-electron chi connectivity index (χ0n) is 9.51. The molecule has 96 valence electrons. The van der Waals surface area contributed by atoms with Gasteiger partial charge in [0.05, 0.1) is 16.3 Å². The van der Waals surface area contributed by atoms with E-state index in [9.17, 15) is 13.2 Å². The van der Waals surface area contributed by atoms with Crippen molar-refractivity contribution in [2.45, 2.75) is 11.2 Å². The molecule has 2 aromatic rings. The van der Waals surface area contributed by atoms with Gasteiger partial charge in [-0.2, -0.15) is 13.2 Å². The van der Waals surface area contributed by atoms with Crippen LogP contribution >= 0.6 is 11.8 Å². The molecule has 0 aliphatic carbocycles. The fourth-order valence-corrected chi connectivity index (χ4v) is 1.93. The molecule has 2 rings (SSSR count). The van der Waals surface area contributed by atoms with Crippen LogP contribution in [-0.2, 0) is 6.18 Å². The first-order chi connectivity index (χ1) is 8.49. The van der Waals surface area contributed by atoms with Crippen LogP contribution in [0.25, 0.3) is 0 Å². The Hall–Kier alpha value is -1.56. The highest BCUT2D eigenvalue weighted by Crippen LogP contribution is 2.31. The molecule has 1 aromatic carbocycles. The normalized spacial score (nSPS) is 11.6. The summed E-state index contributed by atoms with van der Waals surface area (Å²) in [5.74, 6) is 0. The SMILES string of the molecule is CSc1cc(Nc2cccc(C(F)(F)F)c2)c[nH]1. The monoisotopic (exact) mass is 272 g/mol. The van der Waals surface area contributed by atoms with Gasteiger partial charge in [0.2, 0.25) is 0 Å². The third kappa shape index (κ3) is 3.01. The second kappa shape index (κ2) is 4.97. The lowest BCUT2D eigenvalue weighted by molar-refractivity contribution is -0.137. The van der Waals surface area contributed by atoms with E-state index >= 15 is 0 Å². The van der Waals surface area contributed by atoms with E-state index in [1.54, 1.807) is 12.3 Å². The number of anilines is 2. The first-order valence-corrected chi connectivity index (χ1v) is 6.38. The second-order valence-electron chi connectivity index (χ2n) is 3.66. The molecule has 0 bridgehead atoms. The molecule has 2 nitrogen and oxygen atoms in total. The predicted octanol–water partition coefficient (Wildman–Crippen LogP) is 4.50. The Bertz CT molecular complexity index is 534. The highest BCUT2D eigenvalue weighted by atomic mass is 32.2. The molecular formula is C12H11F3N2S. The van der Waals surface area contributed by atoms with E-state index in [0.717, 1.165) is 22.8 Å². The number of alkyl halides is 3. The van der Waals surface area contributed by atoms with Gasteiger partial charge in [-0.1, -0.05) is 6.07 Å². The molecule has 1 aromatic heterocycles.